The van der Waals surface area contributed by atoms with Gasteiger partial charge in [-0.15, -0.1) is 0 Å². The van der Waals surface area contributed by atoms with Gasteiger partial charge in [0, 0.05) is 23.4 Å². The summed E-state index contributed by atoms with van der Waals surface area (Å²) in [4.78, 5) is 17.7. The third-order valence-corrected chi connectivity index (χ3v) is 3.76. The zero-order chi connectivity index (χ0) is 14.7. The van der Waals surface area contributed by atoms with E-state index in [2.05, 4.69) is 26.9 Å². The van der Waals surface area contributed by atoms with Crippen molar-refractivity contribution in [2.45, 2.75) is 50.7 Å². The molecule has 2 N–H and O–H groups in total. The molecule has 2 aromatic heterocycles. The fourth-order valence-corrected chi connectivity index (χ4v) is 2.78. The maximum atomic E-state index is 5.96. The average molecular weight is 289 g/mol. The average Bonchev–Trinajstić information content (AvgIpc) is 2.34. The molecular formula is C14H19N5S. The maximum absolute atomic E-state index is 5.96. The molecule has 0 aromatic carbocycles. The van der Waals surface area contributed by atoms with E-state index in [1.165, 1.54) is 11.8 Å². The second kappa shape index (κ2) is 6.17. The van der Waals surface area contributed by atoms with Crippen LogP contribution in [-0.2, 0) is 6.42 Å². The van der Waals surface area contributed by atoms with Crippen LogP contribution in [0.25, 0.3) is 0 Å². The highest BCUT2D eigenvalue weighted by atomic mass is 32.2. The Bertz CT molecular complexity index is 607. The largest absolute Gasteiger partial charge is 0.383 e. The minimum atomic E-state index is 0.537. The molecular weight excluding hydrogens is 270 g/mol. The molecule has 0 saturated carbocycles. The Balaban J connectivity index is 2.36. The molecule has 0 amide bonds. The van der Waals surface area contributed by atoms with Crippen LogP contribution in [0.1, 0.15) is 36.1 Å². The fourth-order valence-electron chi connectivity index (χ4n) is 1.82. The molecule has 0 fully saturated rings. The molecule has 0 aliphatic carbocycles. The van der Waals surface area contributed by atoms with Gasteiger partial charge in [-0.05, 0) is 45.0 Å². The summed E-state index contributed by atoms with van der Waals surface area (Å²) in [5.74, 6) is 1.32. The summed E-state index contributed by atoms with van der Waals surface area (Å²) in [6.07, 6.45) is 1.82. The van der Waals surface area contributed by atoms with E-state index in [-0.39, 0.29) is 0 Å². The second-order valence-corrected chi connectivity index (χ2v) is 5.70. The van der Waals surface area contributed by atoms with E-state index in [0.717, 1.165) is 40.6 Å². The smallest absolute Gasteiger partial charge is 0.194 e. The van der Waals surface area contributed by atoms with Crippen LogP contribution in [0.15, 0.2) is 16.2 Å². The lowest BCUT2D eigenvalue weighted by atomic mass is 10.3. The van der Waals surface area contributed by atoms with E-state index in [4.69, 9.17) is 5.73 Å². The van der Waals surface area contributed by atoms with Gasteiger partial charge in [0.1, 0.15) is 16.7 Å². The van der Waals surface area contributed by atoms with E-state index in [1.54, 1.807) is 0 Å². The molecule has 0 aliphatic heterocycles. The Labute approximate surface area is 123 Å². The minimum absolute atomic E-state index is 0.537. The summed E-state index contributed by atoms with van der Waals surface area (Å²) in [5, 5.41) is 1.54. The van der Waals surface area contributed by atoms with Crippen LogP contribution >= 0.6 is 11.8 Å². The van der Waals surface area contributed by atoms with Gasteiger partial charge in [-0.3, -0.25) is 0 Å². The standard InChI is InChI=1S/C14H19N5S/c1-5-6-11-18-12(15)10(4)13(19-11)20-14-16-8(2)7-9(3)17-14/h7H,5-6H2,1-4H3,(H2,15,18,19). The number of nitrogen functional groups attached to an aromatic ring is 1. The quantitative estimate of drug-likeness (QED) is 0.689. The van der Waals surface area contributed by atoms with Crippen molar-refractivity contribution in [3.63, 3.8) is 0 Å². The van der Waals surface area contributed by atoms with Crippen molar-refractivity contribution < 1.29 is 0 Å². The summed E-state index contributed by atoms with van der Waals surface area (Å²) in [7, 11) is 0. The Morgan fingerprint density at radius 2 is 1.70 bits per heavy atom. The van der Waals surface area contributed by atoms with Crippen molar-refractivity contribution in [1.82, 2.24) is 19.9 Å². The molecule has 0 aliphatic rings. The highest BCUT2D eigenvalue weighted by Crippen LogP contribution is 2.28. The van der Waals surface area contributed by atoms with Crippen LogP contribution in [0, 0.1) is 20.8 Å². The molecule has 2 heterocycles. The van der Waals surface area contributed by atoms with E-state index in [9.17, 15) is 0 Å². The molecule has 6 heteroatoms. The topological polar surface area (TPSA) is 77.6 Å². The number of nitrogens with two attached hydrogens (primary N) is 1. The van der Waals surface area contributed by atoms with Crippen LogP contribution in [0.2, 0.25) is 0 Å². The number of anilines is 1. The van der Waals surface area contributed by atoms with Gasteiger partial charge < -0.3 is 5.73 Å². The molecule has 2 rings (SSSR count). The lowest BCUT2D eigenvalue weighted by Gasteiger charge is -2.09. The number of hydrogen-bond donors (Lipinski definition) is 1. The lowest BCUT2D eigenvalue weighted by Crippen LogP contribution is -2.05. The van der Waals surface area contributed by atoms with Gasteiger partial charge in [-0.2, -0.15) is 0 Å². The number of aromatic nitrogens is 4. The molecule has 0 spiro atoms. The van der Waals surface area contributed by atoms with Crippen molar-refractivity contribution in [3.8, 4) is 0 Å². The zero-order valence-electron chi connectivity index (χ0n) is 12.3. The summed E-state index contributed by atoms with van der Waals surface area (Å²) >= 11 is 1.44. The second-order valence-electron chi connectivity index (χ2n) is 4.74. The van der Waals surface area contributed by atoms with Crippen molar-refractivity contribution in [2.75, 3.05) is 5.73 Å². The molecule has 106 valence electrons. The highest BCUT2D eigenvalue weighted by molar-refractivity contribution is 7.99. The summed E-state index contributed by atoms with van der Waals surface area (Å²) in [6.45, 7) is 7.94. The monoisotopic (exact) mass is 289 g/mol. The summed E-state index contributed by atoms with van der Waals surface area (Å²) in [5.41, 5.74) is 8.75. The SMILES string of the molecule is CCCc1nc(N)c(C)c(Sc2nc(C)cc(C)n2)n1. The van der Waals surface area contributed by atoms with Gasteiger partial charge in [0.2, 0.25) is 0 Å². The molecule has 0 saturated heterocycles. The molecule has 0 unspecified atom stereocenters. The third kappa shape index (κ3) is 3.45. The highest BCUT2D eigenvalue weighted by Gasteiger charge is 2.12. The first-order valence-corrected chi connectivity index (χ1v) is 7.44. The Kier molecular flexibility index (Phi) is 4.54. The summed E-state index contributed by atoms with van der Waals surface area (Å²) < 4.78 is 0. The van der Waals surface area contributed by atoms with Crippen molar-refractivity contribution >= 4 is 17.6 Å². The van der Waals surface area contributed by atoms with Crippen molar-refractivity contribution in [1.29, 1.82) is 0 Å². The Morgan fingerprint density at radius 1 is 1.05 bits per heavy atom. The van der Waals surface area contributed by atoms with Gasteiger partial charge in [-0.1, -0.05) is 6.92 Å². The first-order chi connectivity index (χ1) is 9.49. The van der Waals surface area contributed by atoms with Crippen LogP contribution in [0.3, 0.4) is 0 Å². The molecule has 2 aromatic rings. The van der Waals surface area contributed by atoms with Gasteiger partial charge in [-0.25, -0.2) is 19.9 Å². The van der Waals surface area contributed by atoms with Crippen LogP contribution in [-0.4, -0.2) is 19.9 Å². The van der Waals surface area contributed by atoms with E-state index in [0.29, 0.717) is 11.0 Å². The Morgan fingerprint density at radius 3 is 2.30 bits per heavy atom. The van der Waals surface area contributed by atoms with E-state index < -0.39 is 0 Å². The van der Waals surface area contributed by atoms with Gasteiger partial charge in [0.25, 0.3) is 0 Å². The number of nitrogens with zero attached hydrogens (tertiary/aromatic N) is 4. The first-order valence-electron chi connectivity index (χ1n) is 6.62. The first kappa shape index (κ1) is 14.7. The zero-order valence-corrected chi connectivity index (χ0v) is 13.1. The normalized spacial score (nSPS) is 10.8. The lowest BCUT2D eigenvalue weighted by molar-refractivity contribution is 0.803. The number of hydrogen-bond acceptors (Lipinski definition) is 6. The maximum Gasteiger partial charge on any atom is 0.194 e. The molecule has 0 atom stereocenters. The van der Waals surface area contributed by atoms with E-state index >= 15 is 0 Å². The molecule has 0 radical (unpaired) electrons. The number of aryl methyl sites for hydroxylation is 3. The van der Waals surface area contributed by atoms with Gasteiger partial charge >= 0.3 is 0 Å². The summed E-state index contributed by atoms with van der Waals surface area (Å²) in [6, 6.07) is 1.95. The van der Waals surface area contributed by atoms with Crippen molar-refractivity contribution in [3.05, 3.63) is 28.8 Å². The molecule has 5 nitrogen and oxygen atoms in total. The number of rotatable bonds is 4. The van der Waals surface area contributed by atoms with Crippen LogP contribution in [0.5, 0.6) is 0 Å². The van der Waals surface area contributed by atoms with Crippen LogP contribution in [0.4, 0.5) is 5.82 Å². The van der Waals surface area contributed by atoms with Crippen molar-refractivity contribution in [2.24, 2.45) is 0 Å². The predicted octanol–water partition coefficient (Wildman–Crippen LogP) is 2.88. The minimum Gasteiger partial charge on any atom is -0.383 e. The third-order valence-electron chi connectivity index (χ3n) is 2.81. The fraction of sp³-hybridized carbons (Fsp3) is 0.429. The molecule has 20 heavy (non-hydrogen) atoms. The molecule has 0 bridgehead atoms. The van der Waals surface area contributed by atoms with E-state index in [1.807, 2.05) is 26.8 Å². The van der Waals surface area contributed by atoms with Crippen LogP contribution < -0.4 is 5.73 Å². The van der Waals surface area contributed by atoms with Gasteiger partial charge in [0.05, 0.1) is 0 Å². The van der Waals surface area contributed by atoms with Gasteiger partial charge in [0.15, 0.2) is 5.16 Å². The Hall–Kier alpha value is -1.69. The predicted molar refractivity (Wildman–Crippen MR) is 80.8 cm³/mol.